The van der Waals surface area contributed by atoms with E-state index < -0.39 is 0 Å². The number of benzene rings is 7. The van der Waals surface area contributed by atoms with Crippen molar-refractivity contribution in [3.63, 3.8) is 0 Å². The van der Waals surface area contributed by atoms with Crippen LogP contribution in [0.25, 0.3) is 78.4 Å². The fourth-order valence-corrected chi connectivity index (χ4v) is 9.68. The van der Waals surface area contributed by atoms with Gasteiger partial charge in [-0.25, -0.2) is 15.0 Å². The number of fused-ring (bicyclic) bond motifs is 6. The predicted octanol–water partition coefficient (Wildman–Crippen LogP) is 14.1. The molecule has 2 atom stereocenters. The van der Waals surface area contributed by atoms with Gasteiger partial charge in [0.15, 0.2) is 17.5 Å². The third-order valence-corrected chi connectivity index (χ3v) is 12.6. The van der Waals surface area contributed by atoms with Gasteiger partial charge in [0.2, 0.25) is 0 Å². The van der Waals surface area contributed by atoms with Gasteiger partial charge in [-0.1, -0.05) is 164 Å². The van der Waals surface area contributed by atoms with Gasteiger partial charge in [-0.3, -0.25) is 0 Å². The highest BCUT2D eigenvalue weighted by atomic mass is 15.2. The first-order chi connectivity index (χ1) is 30.7. The highest BCUT2D eigenvalue weighted by Gasteiger charge is 2.39. The van der Waals surface area contributed by atoms with Crippen LogP contribution < -0.4 is 4.90 Å². The number of rotatable bonds is 7. The molecule has 3 aliphatic rings. The summed E-state index contributed by atoms with van der Waals surface area (Å²) in [5.41, 5.74) is 14.9. The summed E-state index contributed by atoms with van der Waals surface area (Å²) in [5.74, 6) is 2.12. The minimum absolute atomic E-state index is 0.0757. The second kappa shape index (κ2) is 15.0. The number of allylic oxidation sites excluding steroid dienone is 6. The maximum Gasteiger partial charge on any atom is 0.166 e. The molecule has 62 heavy (non-hydrogen) atoms. The first kappa shape index (κ1) is 36.0. The van der Waals surface area contributed by atoms with E-state index in [4.69, 9.17) is 15.0 Å². The molecule has 0 spiro atoms. The molecule has 0 saturated carbocycles. The maximum atomic E-state index is 5.18. The summed E-state index contributed by atoms with van der Waals surface area (Å²) in [5, 5.41) is 2.47. The Morgan fingerprint density at radius 2 is 1.15 bits per heavy atom. The SMILES string of the molecule is C1=CC2c3ccc(-n4c5ccccc5c5cc(-c6cccc(C7=CCCC=C7)c6)ccc54)cc3N(c3ccccc3-c3nc(-c4ccccc4)nc(-c4ccccc4)n3)C2C=C1. The lowest BCUT2D eigenvalue weighted by atomic mass is 9.91. The predicted molar refractivity (Wildman–Crippen MR) is 256 cm³/mol. The highest BCUT2D eigenvalue weighted by molar-refractivity contribution is 6.10. The fourth-order valence-electron chi connectivity index (χ4n) is 9.68. The molecule has 1 aliphatic heterocycles. The Balaban J connectivity index is 1.00. The average molecular weight is 796 g/mol. The van der Waals surface area contributed by atoms with Crippen molar-refractivity contribution in [2.24, 2.45) is 0 Å². The molecule has 0 fully saturated rings. The number of anilines is 2. The molecule has 12 rings (SSSR count). The number of hydrogen-bond donors (Lipinski definition) is 0. The van der Waals surface area contributed by atoms with Gasteiger partial charge in [0, 0.05) is 44.8 Å². The van der Waals surface area contributed by atoms with Crippen molar-refractivity contribution in [1.29, 1.82) is 0 Å². The van der Waals surface area contributed by atoms with E-state index in [1.54, 1.807) is 0 Å². The second-order valence-corrected chi connectivity index (χ2v) is 16.3. The molecule has 294 valence electrons. The number of hydrogen-bond acceptors (Lipinski definition) is 4. The van der Waals surface area contributed by atoms with E-state index in [9.17, 15) is 0 Å². The van der Waals surface area contributed by atoms with Crippen LogP contribution in [0.1, 0.15) is 29.9 Å². The molecule has 5 heteroatoms. The summed E-state index contributed by atoms with van der Waals surface area (Å²) in [6.45, 7) is 0. The van der Waals surface area contributed by atoms with E-state index in [1.807, 2.05) is 36.4 Å². The van der Waals surface area contributed by atoms with Crippen LogP contribution in [0.3, 0.4) is 0 Å². The summed E-state index contributed by atoms with van der Waals surface area (Å²) in [6, 6.07) is 60.8. The normalized spacial score (nSPS) is 16.5. The molecule has 0 N–H and O–H groups in total. The standard InChI is InChI=1S/C57H41N5/c1-4-17-38(18-5-1)41-23-16-24-42(35-41)43-31-34-53-49(36-43)46-26-11-13-28-50(46)61(53)44-32-33-47-45-25-10-14-29-51(45)62(54(47)37-44)52-30-15-12-27-48(52)57-59-55(39-19-6-2-7-20-39)58-56(60-57)40-21-8-3-9-22-40/h2-4,6-37,45,51H,1,5H2. The quantitative estimate of drug-likeness (QED) is 0.161. The van der Waals surface area contributed by atoms with Crippen molar-refractivity contribution in [2.45, 2.75) is 24.8 Å². The molecular formula is C57H41N5. The Kier molecular flexibility index (Phi) is 8.70. The number of aromatic nitrogens is 4. The van der Waals surface area contributed by atoms with Crippen LogP contribution in [0.4, 0.5) is 11.4 Å². The molecule has 0 saturated heterocycles. The summed E-state index contributed by atoms with van der Waals surface area (Å²) in [7, 11) is 0. The Bertz CT molecular complexity index is 3260. The molecule has 9 aromatic rings. The maximum absolute atomic E-state index is 5.18. The minimum atomic E-state index is 0.0757. The van der Waals surface area contributed by atoms with Crippen LogP contribution in [0.5, 0.6) is 0 Å². The van der Waals surface area contributed by atoms with Crippen molar-refractivity contribution < 1.29 is 0 Å². The molecule has 0 amide bonds. The van der Waals surface area contributed by atoms with Crippen molar-refractivity contribution >= 4 is 38.8 Å². The van der Waals surface area contributed by atoms with Crippen LogP contribution in [-0.2, 0) is 0 Å². The van der Waals surface area contributed by atoms with Gasteiger partial charge in [0.05, 0.1) is 22.8 Å². The van der Waals surface area contributed by atoms with Gasteiger partial charge in [-0.2, -0.15) is 0 Å². The highest BCUT2D eigenvalue weighted by Crippen LogP contribution is 2.51. The van der Waals surface area contributed by atoms with Crippen LogP contribution in [-0.4, -0.2) is 25.6 Å². The van der Waals surface area contributed by atoms with E-state index in [2.05, 4.69) is 185 Å². The van der Waals surface area contributed by atoms with Gasteiger partial charge < -0.3 is 9.47 Å². The summed E-state index contributed by atoms with van der Waals surface area (Å²) in [6.07, 6.45) is 18.1. The van der Waals surface area contributed by atoms with E-state index in [1.165, 1.54) is 55.3 Å². The zero-order chi connectivity index (χ0) is 41.0. The van der Waals surface area contributed by atoms with Crippen molar-refractivity contribution in [3.8, 4) is 51.0 Å². The van der Waals surface area contributed by atoms with Gasteiger partial charge in [-0.05, 0) is 89.2 Å². The second-order valence-electron chi connectivity index (χ2n) is 16.3. The molecule has 0 bridgehead atoms. The fraction of sp³-hybridized carbons (Fsp3) is 0.0702. The molecule has 5 nitrogen and oxygen atoms in total. The number of para-hydroxylation sites is 2. The lowest BCUT2D eigenvalue weighted by molar-refractivity contribution is 0.745. The topological polar surface area (TPSA) is 46.8 Å². The lowest BCUT2D eigenvalue weighted by Gasteiger charge is -2.30. The monoisotopic (exact) mass is 795 g/mol. The first-order valence-corrected chi connectivity index (χ1v) is 21.5. The van der Waals surface area contributed by atoms with Crippen LogP contribution in [0.2, 0.25) is 0 Å². The van der Waals surface area contributed by atoms with Gasteiger partial charge >= 0.3 is 0 Å². The van der Waals surface area contributed by atoms with E-state index in [0.29, 0.717) is 17.5 Å². The Morgan fingerprint density at radius 1 is 0.468 bits per heavy atom. The molecule has 2 aliphatic carbocycles. The van der Waals surface area contributed by atoms with Crippen molar-refractivity contribution in [1.82, 2.24) is 19.5 Å². The summed E-state index contributed by atoms with van der Waals surface area (Å²) in [4.78, 5) is 17.9. The molecule has 3 heterocycles. The van der Waals surface area contributed by atoms with E-state index >= 15 is 0 Å². The van der Waals surface area contributed by atoms with Gasteiger partial charge in [-0.15, -0.1) is 0 Å². The zero-order valence-corrected chi connectivity index (χ0v) is 34.0. The molecule has 2 aromatic heterocycles. The van der Waals surface area contributed by atoms with Crippen molar-refractivity contribution in [3.05, 3.63) is 224 Å². The Labute approximate surface area is 361 Å². The summed E-state index contributed by atoms with van der Waals surface area (Å²) >= 11 is 0. The van der Waals surface area contributed by atoms with Gasteiger partial charge in [0.1, 0.15) is 0 Å². The van der Waals surface area contributed by atoms with Crippen LogP contribution >= 0.6 is 0 Å². The Morgan fingerprint density at radius 3 is 1.95 bits per heavy atom. The lowest BCUT2D eigenvalue weighted by Crippen LogP contribution is -2.29. The molecule has 7 aromatic carbocycles. The van der Waals surface area contributed by atoms with E-state index in [-0.39, 0.29) is 12.0 Å². The van der Waals surface area contributed by atoms with Crippen LogP contribution in [0, 0.1) is 0 Å². The van der Waals surface area contributed by atoms with Crippen molar-refractivity contribution in [2.75, 3.05) is 4.90 Å². The molecule has 2 unspecified atom stereocenters. The third kappa shape index (κ3) is 6.12. The van der Waals surface area contributed by atoms with Gasteiger partial charge in [0.25, 0.3) is 0 Å². The minimum Gasteiger partial charge on any atom is -0.333 e. The first-order valence-electron chi connectivity index (χ1n) is 21.5. The van der Waals surface area contributed by atoms with Crippen LogP contribution in [0.15, 0.2) is 212 Å². The molecule has 0 radical (unpaired) electrons. The smallest absolute Gasteiger partial charge is 0.166 e. The molecular weight excluding hydrogens is 755 g/mol. The van der Waals surface area contributed by atoms with E-state index in [0.717, 1.165) is 40.9 Å². The largest absolute Gasteiger partial charge is 0.333 e. The number of nitrogens with zero attached hydrogens (tertiary/aromatic N) is 5. The average Bonchev–Trinajstić information content (AvgIpc) is 3.87. The zero-order valence-electron chi connectivity index (χ0n) is 34.0. The summed E-state index contributed by atoms with van der Waals surface area (Å²) < 4.78 is 2.44. The Hall–Kier alpha value is -7.89. The third-order valence-electron chi connectivity index (χ3n) is 12.6.